The van der Waals surface area contributed by atoms with Gasteiger partial charge in [-0.3, -0.25) is 37.7 Å². The highest BCUT2D eigenvalue weighted by Gasteiger charge is 2.41. The quantitative estimate of drug-likeness (QED) is 0.0285. The van der Waals surface area contributed by atoms with Crippen LogP contribution >= 0.6 is 0 Å². The van der Waals surface area contributed by atoms with Crippen LogP contribution in [0, 0.1) is 81.7 Å². The summed E-state index contributed by atoms with van der Waals surface area (Å²) >= 11 is 0. The first-order valence-electron chi connectivity index (χ1n) is 38.6. The number of benzene rings is 4. The number of carboxylic acids is 1. The number of carbonyl (C=O) groups excluding carboxylic acids is 8. The lowest BCUT2D eigenvalue weighted by Crippen LogP contribution is -2.56. The van der Waals surface area contributed by atoms with Gasteiger partial charge in [-0.15, -0.1) is 0 Å². The number of nitrogens with one attached hydrogen (secondary N) is 3. The Morgan fingerprint density at radius 1 is 0.509 bits per heavy atom. The Kier molecular flexibility index (Phi) is 31.6. The summed E-state index contributed by atoms with van der Waals surface area (Å²) < 4.78 is 35.9. The first-order valence-corrected chi connectivity index (χ1v) is 38.6. The second-order valence-corrected chi connectivity index (χ2v) is 33.1. The Morgan fingerprint density at radius 2 is 0.830 bits per heavy atom. The van der Waals surface area contributed by atoms with Crippen LogP contribution in [0.1, 0.15) is 231 Å². The van der Waals surface area contributed by atoms with E-state index in [0.29, 0.717) is 92.7 Å². The molecule has 0 spiro atoms. The number of hydrogen-bond acceptors (Lipinski definition) is 18. The number of rotatable bonds is 19. The molecule has 7 N–H and O–H groups in total. The Hall–Kier alpha value is -10.0. The van der Waals surface area contributed by atoms with E-state index < -0.39 is 52.5 Å². The van der Waals surface area contributed by atoms with Gasteiger partial charge in [-0.05, 0) is 214 Å². The van der Waals surface area contributed by atoms with Crippen LogP contribution in [0.4, 0.5) is 19.7 Å². The molecule has 28 nitrogen and oxygen atoms in total. The number of amides is 2. The van der Waals surface area contributed by atoms with Crippen molar-refractivity contribution in [3.8, 4) is 0 Å². The smallest absolute Gasteiger partial charge is 0.407 e. The van der Waals surface area contributed by atoms with Gasteiger partial charge in [0.15, 0.2) is 17.4 Å². The fourth-order valence-corrected chi connectivity index (χ4v) is 15.7. The number of halogens is 1. The third-order valence-corrected chi connectivity index (χ3v) is 21.4. The molecule has 0 radical (unpaired) electrons. The molecular weight excluding hydrogens is 1440 g/mol. The maximum absolute atomic E-state index is 13.9. The van der Waals surface area contributed by atoms with E-state index in [9.17, 15) is 71.9 Å². The zero-order chi connectivity index (χ0) is 82.6. The molecule has 2 amide bonds. The lowest BCUT2D eigenvalue weighted by molar-refractivity contribution is -0.382. The number of carboxylic acid groups (broad SMARTS) is 1. The van der Waals surface area contributed by atoms with Gasteiger partial charge >= 0.3 is 41.2 Å². The van der Waals surface area contributed by atoms with Crippen molar-refractivity contribution >= 4 is 92.2 Å². The Labute approximate surface area is 651 Å². The average molecular weight is 1560 g/mol. The number of alkyl carbamates (subject to hydrolysis) is 2. The summed E-state index contributed by atoms with van der Waals surface area (Å²) in [5.41, 5.74) is 6.83. The number of Topliss-reactive ketones (excluding diaryl/α,β-unsaturated/α-hetero) is 2. The number of aromatic carboxylic acids is 1. The second kappa shape index (κ2) is 38.9. The molecule has 612 valence electrons. The van der Waals surface area contributed by atoms with E-state index in [-0.39, 0.29) is 125 Å². The van der Waals surface area contributed by atoms with Gasteiger partial charge in [-0.1, -0.05) is 81.6 Å². The van der Waals surface area contributed by atoms with Crippen molar-refractivity contribution in [3.05, 3.63) is 137 Å². The predicted molar refractivity (Wildman–Crippen MR) is 423 cm³/mol. The molecule has 10 rings (SSSR count). The first kappa shape index (κ1) is 90.9. The van der Waals surface area contributed by atoms with Gasteiger partial charge in [-0.2, -0.15) is 4.39 Å². The maximum atomic E-state index is 13.9. The zero-order valence-corrected chi connectivity index (χ0v) is 68.0. The largest absolute Gasteiger partial charge is 0.870 e. The molecule has 9 atom stereocenters. The fourth-order valence-electron chi connectivity index (χ4n) is 15.7. The number of hydrogen-bond donors (Lipinski definition) is 5. The van der Waals surface area contributed by atoms with Gasteiger partial charge < -0.3 is 41.2 Å². The van der Waals surface area contributed by atoms with Crippen LogP contribution in [0.5, 0.6) is 0 Å². The lowest BCUT2D eigenvalue weighted by Gasteiger charge is -2.36. The average Bonchev–Trinajstić information content (AvgIpc) is 1.61. The van der Waals surface area contributed by atoms with E-state index >= 15 is 0 Å². The summed E-state index contributed by atoms with van der Waals surface area (Å²) in [6.45, 7) is 33.8. The van der Waals surface area contributed by atoms with E-state index in [0.717, 1.165) is 57.4 Å². The molecule has 3 heterocycles. The highest BCUT2D eigenvalue weighted by atomic mass is 19.1. The van der Waals surface area contributed by atoms with E-state index in [1.165, 1.54) is 83.9 Å². The number of imidazole rings is 3. The van der Waals surface area contributed by atoms with Gasteiger partial charge in [0.1, 0.15) is 11.2 Å². The van der Waals surface area contributed by atoms with Gasteiger partial charge in [0.2, 0.25) is 17.7 Å². The molecule has 0 unspecified atom stereocenters. The SMILES string of the molecule is CC(=O)c1ccc2c(c1)n(CCN)c(=O)n2C(=O)[C@@H]1C[C@H](C)CC[C@H]1C(C)C.CC(=O)c1ccc2c(c1)n(CCNC(=O)OC(C)(C)C)c(=O)n2C(=O)[C@@H]1C[C@H](C)CC[C@H]1C(C)C.CC(C)[C@@H]1CC[C@@H](C)C[C@H]1C(=O)n1c(=O)n(CCNC(=O)OC(C)(C)C)c2cc(C(=O)O)ccc21.COC(=O)c1ccc([NH+]=O)c(F)c1.[OH-]. The van der Waals surface area contributed by atoms with Crippen LogP contribution in [0.25, 0.3) is 33.1 Å². The van der Waals surface area contributed by atoms with Gasteiger partial charge in [0.05, 0.1) is 51.3 Å². The molecule has 29 heteroatoms. The summed E-state index contributed by atoms with van der Waals surface area (Å²) in [4.78, 5) is 162. The molecule has 7 aromatic rings. The summed E-state index contributed by atoms with van der Waals surface area (Å²) in [6.07, 6.45) is 7.27. The number of nitrogens with zero attached hydrogens (tertiary/aromatic N) is 6. The summed E-state index contributed by atoms with van der Waals surface area (Å²) in [6, 6.07) is 17.8. The predicted octanol–water partition coefficient (Wildman–Crippen LogP) is 12.5. The van der Waals surface area contributed by atoms with Gasteiger partial charge in [-0.25, -0.2) is 47.3 Å². The Bertz CT molecular complexity index is 4600. The van der Waals surface area contributed by atoms with Crippen molar-refractivity contribution in [2.24, 2.45) is 76.7 Å². The monoisotopic (exact) mass is 1560 g/mol. The third-order valence-electron chi connectivity index (χ3n) is 21.4. The van der Waals surface area contributed by atoms with Crippen molar-refractivity contribution in [2.75, 3.05) is 26.7 Å². The zero-order valence-electron chi connectivity index (χ0n) is 68.0. The van der Waals surface area contributed by atoms with Crippen LogP contribution in [-0.4, -0.2) is 129 Å². The summed E-state index contributed by atoms with van der Waals surface area (Å²) in [5.74, 6) is -0.990. The topological polar surface area (TPSA) is 393 Å². The molecule has 3 saturated carbocycles. The minimum atomic E-state index is -1.13. The van der Waals surface area contributed by atoms with Crippen molar-refractivity contribution in [1.29, 1.82) is 0 Å². The number of ether oxygens (including phenoxy) is 3. The number of esters is 1. The van der Waals surface area contributed by atoms with Crippen molar-refractivity contribution in [1.82, 2.24) is 38.0 Å². The number of methoxy groups -OCH3 is 1. The van der Waals surface area contributed by atoms with Crippen molar-refractivity contribution in [2.45, 2.75) is 206 Å². The molecule has 3 aliphatic carbocycles. The minimum absolute atomic E-state index is 0. The first-order chi connectivity index (χ1) is 52.0. The normalized spacial score (nSPS) is 19.7. The standard InChI is InChI=1S/C27H39N3O5.C26H37N3O6.C22H31N3O3.C8H6FNO3.H2O/c1-16(2)20-10-8-17(3)14-21(20)24(32)30-22-11-9-19(18(4)31)15-23(22)29(26(30)34)13-12-28-25(33)35-27(5,6)7;1-15(2)18-9-7-16(3)13-19(18)22(30)29-20-10-8-17(23(31)32)14-21(20)28(25(29)34)12-11-27-24(33)35-26(4,5)6;1-13(2)17-7-5-14(3)11-18(17)21(27)25-19-8-6-16(15(4)26)12-20(19)24(10-9-23)22(25)28;1-13-8(11)5-2-3-7(10-12)6(9)4-5;/h9,11,15-17,20-21H,8,10,12-14H2,1-7H3,(H,28,33);8,10,14-16,18-19H,7,9,11-13H2,1-6H3,(H,27,33)(H,31,32);6,8,12-14,17-18H,5,7,9-11,23H2,1-4H3;2-4H,1H3;1H2/t17-,20+,21-;16-,18+,19-;14-,17+,18-;;/m111../s1. The lowest BCUT2D eigenvalue weighted by atomic mass is 9.69. The van der Waals surface area contributed by atoms with E-state index in [1.54, 1.807) is 77.9 Å². The maximum Gasteiger partial charge on any atom is 0.407 e. The third kappa shape index (κ3) is 22.2. The highest BCUT2D eigenvalue weighted by molar-refractivity contribution is 6.01. The van der Waals surface area contributed by atoms with E-state index in [1.807, 2.05) is 0 Å². The summed E-state index contributed by atoms with van der Waals surface area (Å²) in [7, 11) is 1.19. The molecule has 112 heavy (non-hydrogen) atoms. The molecule has 0 aliphatic heterocycles. The number of aromatic nitrogens is 6. The van der Waals surface area contributed by atoms with Crippen LogP contribution in [0.15, 0.2) is 87.2 Å². The molecular formula is C83H115FN10O18. The minimum Gasteiger partial charge on any atom is -0.870 e. The number of ketones is 2. The number of nitrogens with two attached hydrogens (primary N) is 1. The van der Waals surface area contributed by atoms with Gasteiger partial charge in [0, 0.05) is 84.3 Å². The van der Waals surface area contributed by atoms with E-state index in [2.05, 4.69) is 77.7 Å². The van der Waals surface area contributed by atoms with Crippen molar-refractivity contribution < 1.29 is 77.5 Å². The Balaban J connectivity index is 0.000000242. The fraction of sp³-hybridized carbons (Fsp3) is 0.566. The van der Waals surface area contributed by atoms with Crippen LogP contribution in [0.2, 0.25) is 0 Å². The summed E-state index contributed by atoms with van der Waals surface area (Å²) in [5, 5.41) is 16.2. The molecule has 3 fully saturated rings. The molecule has 0 bridgehead atoms. The van der Waals surface area contributed by atoms with E-state index in [4.69, 9.17) is 15.2 Å². The van der Waals surface area contributed by atoms with Gasteiger partial charge in [0.25, 0.3) is 5.69 Å². The molecule has 4 aromatic carbocycles. The molecule has 3 aromatic heterocycles. The number of nitroso groups, excluding NO2 is 1. The number of fused-ring (bicyclic) bond motifs is 3. The van der Waals surface area contributed by atoms with Crippen molar-refractivity contribution in [3.63, 3.8) is 0 Å². The molecule has 0 saturated heterocycles. The number of carbonyl (C=O) groups is 9. The van der Waals surface area contributed by atoms with Crippen LogP contribution in [0.3, 0.4) is 0 Å². The Morgan fingerprint density at radius 3 is 1.12 bits per heavy atom. The molecule has 3 aliphatic rings. The highest BCUT2D eigenvalue weighted by Crippen LogP contribution is 2.42. The van der Waals surface area contributed by atoms with Crippen LogP contribution in [-0.2, 0) is 33.8 Å². The van der Waals surface area contributed by atoms with Crippen LogP contribution < -0.4 is 38.6 Å². The second-order valence-electron chi connectivity index (χ2n) is 33.1.